The molecular weight excluding hydrogens is 451 g/mol. The maximum Gasteiger partial charge on any atom is 0.416 e. The summed E-state index contributed by atoms with van der Waals surface area (Å²) in [5, 5.41) is 3.39. The summed E-state index contributed by atoms with van der Waals surface area (Å²) in [6, 6.07) is 18.2. The van der Waals surface area contributed by atoms with E-state index in [1.807, 2.05) is 44.2 Å². The van der Waals surface area contributed by atoms with E-state index in [-0.39, 0.29) is 12.0 Å². The van der Waals surface area contributed by atoms with E-state index in [0.717, 1.165) is 48.4 Å². The van der Waals surface area contributed by atoms with Gasteiger partial charge >= 0.3 is 6.18 Å². The van der Waals surface area contributed by atoms with Gasteiger partial charge in [0.15, 0.2) is 0 Å². The fraction of sp³-hybridized carbons (Fsp3) is 0.379. The number of nitrogens with one attached hydrogen (secondary N) is 1. The Kier molecular flexibility index (Phi) is 7.53. The zero-order valence-electron chi connectivity index (χ0n) is 20.5. The summed E-state index contributed by atoms with van der Waals surface area (Å²) in [4.78, 5) is 0. The van der Waals surface area contributed by atoms with Gasteiger partial charge in [-0.1, -0.05) is 30.3 Å². The first-order chi connectivity index (χ1) is 16.7. The van der Waals surface area contributed by atoms with Crippen LogP contribution >= 0.6 is 0 Å². The number of hydrogen-bond donors (Lipinski definition) is 1. The molecule has 0 spiro atoms. The molecule has 4 rings (SSSR count). The summed E-state index contributed by atoms with van der Waals surface area (Å²) < 4.78 is 52.9. The molecule has 0 radical (unpaired) electrons. The molecule has 3 aromatic carbocycles. The average Bonchev–Trinajstić information content (AvgIpc) is 2.84. The van der Waals surface area contributed by atoms with Crippen LogP contribution in [0.25, 0.3) is 11.1 Å². The molecule has 3 nitrogen and oxygen atoms in total. The van der Waals surface area contributed by atoms with Gasteiger partial charge in [-0.15, -0.1) is 0 Å². The number of alkyl halides is 3. The summed E-state index contributed by atoms with van der Waals surface area (Å²) in [7, 11) is 1.60. The maximum absolute atomic E-state index is 13.8. The van der Waals surface area contributed by atoms with Crippen molar-refractivity contribution in [2.75, 3.05) is 26.8 Å². The van der Waals surface area contributed by atoms with E-state index in [9.17, 15) is 13.2 Å². The lowest BCUT2D eigenvalue weighted by Crippen LogP contribution is -2.43. The molecule has 186 valence electrons. The lowest BCUT2D eigenvalue weighted by molar-refractivity contribution is -0.137. The highest BCUT2D eigenvalue weighted by Gasteiger charge is 2.34. The quantitative estimate of drug-likeness (QED) is 0.399. The molecule has 0 amide bonds. The molecule has 0 atom stereocenters. The average molecular weight is 484 g/mol. The smallest absolute Gasteiger partial charge is 0.416 e. The van der Waals surface area contributed by atoms with E-state index in [0.29, 0.717) is 17.7 Å². The van der Waals surface area contributed by atoms with E-state index in [2.05, 4.69) is 17.4 Å². The van der Waals surface area contributed by atoms with Crippen LogP contribution in [0.4, 0.5) is 13.2 Å². The molecule has 1 aliphatic rings. The van der Waals surface area contributed by atoms with Gasteiger partial charge in [-0.3, -0.25) is 0 Å². The van der Waals surface area contributed by atoms with Crippen molar-refractivity contribution in [3.05, 3.63) is 88.5 Å². The number of hydrogen-bond acceptors (Lipinski definition) is 3. The van der Waals surface area contributed by atoms with Gasteiger partial charge in [0.25, 0.3) is 0 Å². The minimum atomic E-state index is -4.44. The Morgan fingerprint density at radius 1 is 0.886 bits per heavy atom. The Hall–Kier alpha value is -2.83. The third-order valence-corrected chi connectivity index (χ3v) is 6.91. The summed E-state index contributed by atoms with van der Waals surface area (Å²) in [6.07, 6.45) is -2.59. The maximum atomic E-state index is 13.8. The fourth-order valence-corrected chi connectivity index (χ4v) is 5.12. The van der Waals surface area contributed by atoms with Crippen molar-refractivity contribution in [1.29, 1.82) is 0 Å². The molecule has 1 heterocycles. The second-order valence-corrected chi connectivity index (χ2v) is 9.45. The van der Waals surface area contributed by atoms with Crippen LogP contribution in [-0.4, -0.2) is 26.8 Å². The van der Waals surface area contributed by atoms with Crippen LogP contribution in [0, 0.1) is 13.8 Å². The second kappa shape index (κ2) is 10.4. The number of aryl methyl sites for hydroxylation is 2. The predicted molar refractivity (Wildman–Crippen MR) is 133 cm³/mol. The van der Waals surface area contributed by atoms with Crippen molar-refractivity contribution in [3.63, 3.8) is 0 Å². The normalized spacial score (nSPS) is 15.7. The summed E-state index contributed by atoms with van der Waals surface area (Å²) >= 11 is 0. The molecule has 0 aliphatic carbocycles. The minimum absolute atomic E-state index is 0.118. The fourth-order valence-electron chi connectivity index (χ4n) is 5.12. The van der Waals surface area contributed by atoms with Crippen molar-refractivity contribution >= 4 is 0 Å². The lowest BCUT2D eigenvalue weighted by Gasteiger charge is -2.38. The largest absolute Gasteiger partial charge is 0.496 e. The van der Waals surface area contributed by atoms with Gasteiger partial charge in [-0.2, -0.15) is 13.2 Å². The van der Waals surface area contributed by atoms with E-state index in [1.165, 1.54) is 17.7 Å². The summed E-state index contributed by atoms with van der Waals surface area (Å²) in [5.41, 5.74) is 3.94. The third kappa shape index (κ3) is 5.71. The van der Waals surface area contributed by atoms with Crippen molar-refractivity contribution < 1.29 is 22.6 Å². The van der Waals surface area contributed by atoms with Gasteiger partial charge in [0, 0.05) is 5.41 Å². The molecule has 6 heteroatoms. The Labute approximate surface area is 205 Å². The summed E-state index contributed by atoms with van der Waals surface area (Å²) in [6.45, 7) is 6.16. The van der Waals surface area contributed by atoms with Crippen LogP contribution in [0.1, 0.15) is 40.7 Å². The van der Waals surface area contributed by atoms with Crippen LogP contribution in [0.15, 0.2) is 60.7 Å². The Morgan fingerprint density at radius 3 is 2.11 bits per heavy atom. The molecule has 0 unspecified atom stereocenters. The number of methoxy groups -OCH3 is 1. The number of piperidine rings is 1. The SMILES string of the molecule is COc1c(C)cc(-c2cc(COCC3(c4ccccc4)CCNCC3)cc(C(F)(F)F)c2)cc1C. The third-order valence-electron chi connectivity index (χ3n) is 6.91. The number of rotatable bonds is 7. The predicted octanol–water partition coefficient (Wildman–Crippen LogP) is 6.84. The van der Waals surface area contributed by atoms with Crippen LogP contribution in [0.2, 0.25) is 0 Å². The van der Waals surface area contributed by atoms with Crippen molar-refractivity contribution in [3.8, 4) is 16.9 Å². The molecule has 3 aromatic rings. The molecule has 1 aliphatic heterocycles. The Balaban J connectivity index is 1.61. The van der Waals surface area contributed by atoms with Gasteiger partial charge in [-0.25, -0.2) is 0 Å². The molecule has 1 saturated heterocycles. The first-order valence-corrected chi connectivity index (χ1v) is 11.9. The molecule has 0 bridgehead atoms. The number of halogens is 3. The van der Waals surface area contributed by atoms with E-state index in [1.54, 1.807) is 13.2 Å². The molecule has 1 fully saturated rings. The van der Waals surface area contributed by atoms with Crippen LogP contribution in [-0.2, 0) is 22.9 Å². The van der Waals surface area contributed by atoms with Gasteiger partial charge < -0.3 is 14.8 Å². The molecule has 0 saturated carbocycles. The monoisotopic (exact) mass is 483 g/mol. The highest BCUT2D eigenvalue weighted by Crippen LogP contribution is 2.37. The summed E-state index contributed by atoms with van der Waals surface area (Å²) in [5.74, 6) is 0.748. The Bertz CT molecular complexity index is 1130. The minimum Gasteiger partial charge on any atom is -0.496 e. The van der Waals surface area contributed by atoms with Crippen molar-refractivity contribution in [2.45, 2.75) is 44.9 Å². The van der Waals surface area contributed by atoms with E-state index >= 15 is 0 Å². The van der Waals surface area contributed by atoms with Crippen molar-refractivity contribution in [1.82, 2.24) is 5.32 Å². The topological polar surface area (TPSA) is 30.5 Å². The number of benzene rings is 3. The number of ether oxygens (including phenoxy) is 2. The van der Waals surface area contributed by atoms with Crippen LogP contribution in [0.5, 0.6) is 5.75 Å². The van der Waals surface area contributed by atoms with Crippen LogP contribution < -0.4 is 10.1 Å². The van der Waals surface area contributed by atoms with Gasteiger partial charge in [-0.05, 0) is 103 Å². The van der Waals surface area contributed by atoms with E-state index in [4.69, 9.17) is 9.47 Å². The second-order valence-electron chi connectivity index (χ2n) is 9.45. The zero-order chi connectivity index (χ0) is 25.1. The van der Waals surface area contributed by atoms with Gasteiger partial charge in [0.1, 0.15) is 5.75 Å². The first kappa shape index (κ1) is 25.3. The van der Waals surface area contributed by atoms with Crippen LogP contribution in [0.3, 0.4) is 0 Å². The zero-order valence-corrected chi connectivity index (χ0v) is 20.5. The highest BCUT2D eigenvalue weighted by atomic mass is 19.4. The molecule has 0 aromatic heterocycles. The van der Waals surface area contributed by atoms with Gasteiger partial charge in [0.2, 0.25) is 0 Å². The van der Waals surface area contributed by atoms with Gasteiger partial charge in [0.05, 0.1) is 25.9 Å². The Morgan fingerprint density at radius 2 is 1.51 bits per heavy atom. The highest BCUT2D eigenvalue weighted by molar-refractivity contribution is 5.69. The molecule has 1 N–H and O–H groups in total. The van der Waals surface area contributed by atoms with Crippen molar-refractivity contribution in [2.24, 2.45) is 0 Å². The molecular formula is C29H32F3NO2. The lowest BCUT2D eigenvalue weighted by atomic mass is 9.74. The standard InChI is InChI=1S/C29H32F3NO2/c1-20-13-23(14-21(2)27(20)34-3)24-15-22(16-26(17-24)29(30,31)32)18-35-19-28(9-11-33-12-10-28)25-7-5-4-6-8-25/h4-8,13-17,33H,9-12,18-19H2,1-3H3. The first-order valence-electron chi connectivity index (χ1n) is 11.9. The molecule has 35 heavy (non-hydrogen) atoms. The van der Waals surface area contributed by atoms with E-state index < -0.39 is 11.7 Å².